The summed E-state index contributed by atoms with van der Waals surface area (Å²) in [6.45, 7) is 0. The van der Waals surface area contributed by atoms with Gasteiger partial charge in [-0.25, -0.2) is 0 Å². The van der Waals surface area contributed by atoms with E-state index in [1.54, 1.807) is 0 Å². The summed E-state index contributed by atoms with van der Waals surface area (Å²) in [6, 6.07) is 36.7. The Morgan fingerprint density at radius 2 is 1.51 bits per heavy atom. The monoisotopic (exact) mass is 555 g/mol. The maximum Gasteiger partial charge on any atom is 0.159 e. The molecule has 1 aliphatic heterocycles. The first-order valence-corrected chi connectivity index (χ1v) is 15.1. The lowest BCUT2D eigenvalue weighted by Crippen LogP contribution is -2.34. The molecule has 1 aromatic heterocycles. The van der Waals surface area contributed by atoms with Crippen molar-refractivity contribution in [3.05, 3.63) is 151 Å². The average molecular weight is 556 g/mol. The number of rotatable bonds is 4. The minimum atomic E-state index is 0.0644. The summed E-state index contributed by atoms with van der Waals surface area (Å²) in [4.78, 5) is 2.47. The van der Waals surface area contributed by atoms with Crippen molar-refractivity contribution in [2.75, 3.05) is 4.90 Å². The van der Waals surface area contributed by atoms with Gasteiger partial charge < -0.3 is 14.1 Å². The lowest BCUT2D eigenvalue weighted by atomic mass is 9.93. The van der Waals surface area contributed by atoms with E-state index in [4.69, 9.17) is 9.15 Å². The summed E-state index contributed by atoms with van der Waals surface area (Å²) in [5.41, 5.74) is 8.91. The number of hydrogen-bond acceptors (Lipinski definition) is 3. The highest BCUT2D eigenvalue weighted by Crippen LogP contribution is 2.46. The molecule has 9 rings (SSSR count). The molecule has 0 spiro atoms. The van der Waals surface area contributed by atoms with Gasteiger partial charge in [0.2, 0.25) is 0 Å². The van der Waals surface area contributed by atoms with E-state index in [0.29, 0.717) is 0 Å². The van der Waals surface area contributed by atoms with Gasteiger partial charge in [0.25, 0.3) is 0 Å². The van der Waals surface area contributed by atoms with Crippen LogP contribution in [0.15, 0.2) is 150 Å². The molecular weight excluding hydrogens is 526 g/mol. The van der Waals surface area contributed by atoms with Crippen molar-refractivity contribution < 1.29 is 9.15 Å². The van der Waals surface area contributed by atoms with Crippen LogP contribution in [0.5, 0.6) is 5.75 Å². The molecule has 0 N–H and O–H groups in total. The number of anilines is 1. The topological polar surface area (TPSA) is 25.6 Å². The van der Waals surface area contributed by atoms with E-state index >= 15 is 0 Å². The molecule has 2 heterocycles. The Morgan fingerprint density at radius 3 is 2.40 bits per heavy atom. The molecule has 3 heteroatoms. The van der Waals surface area contributed by atoms with Crippen LogP contribution >= 0.6 is 0 Å². The normalized spacial score (nSPS) is 18.8. The second-order valence-electron chi connectivity index (χ2n) is 11.5. The van der Waals surface area contributed by atoms with Crippen LogP contribution in [0.3, 0.4) is 0 Å². The fraction of sp³-hybridized carbons (Fsp3) is 0.100. The SMILES string of the molecule is C1=CCC(N(C2=CCC3Oc4ccccc4C3=C2)c2cccc3c2oc2cc(-c4ccccc4)c4ccccc4c23)C=C1. The Labute approximate surface area is 250 Å². The average Bonchev–Trinajstić information content (AvgIpc) is 3.64. The molecule has 2 unspecified atom stereocenters. The number of benzene rings is 5. The van der Waals surface area contributed by atoms with Crippen molar-refractivity contribution in [3.8, 4) is 16.9 Å². The number of nitrogens with zero attached hydrogens (tertiary/aromatic N) is 1. The van der Waals surface area contributed by atoms with E-state index < -0.39 is 0 Å². The van der Waals surface area contributed by atoms with Gasteiger partial charge in [-0.2, -0.15) is 0 Å². The predicted octanol–water partition coefficient (Wildman–Crippen LogP) is 10.2. The first kappa shape index (κ1) is 24.3. The second-order valence-corrected chi connectivity index (χ2v) is 11.5. The Kier molecular flexibility index (Phi) is 5.45. The second kappa shape index (κ2) is 9.64. The zero-order chi connectivity index (χ0) is 28.3. The smallest absolute Gasteiger partial charge is 0.159 e. The molecule has 0 saturated heterocycles. The molecule has 43 heavy (non-hydrogen) atoms. The van der Waals surface area contributed by atoms with Gasteiger partial charge in [-0.15, -0.1) is 0 Å². The third-order valence-corrected chi connectivity index (χ3v) is 9.05. The van der Waals surface area contributed by atoms with Crippen LogP contribution in [0.25, 0.3) is 49.4 Å². The van der Waals surface area contributed by atoms with Gasteiger partial charge in [0.05, 0.1) is 11.7 Å². The number of para-hydroxylation sites is 2. The minimum absolute atomic E-state index is 0.0644. The first-order chi connectivity index (χ1) is 21.3. The van der Waals surface area contributed by atoms with Crippen LogP contribution in [-0.4, -0.2) is 12.1 Å². The number of hydrogen-bond donors (Lipinski definition) is 0. The first-order valence-electron chi connectivity index (χ1n) is 15.1. The summed E-state index contributed by atoms with van der Waals surface area (Å²) in [6.07, 6.45) is 15.3. The number of fused-ring (bicyclic) bond motifs is 8. The Morgan fingerprint density at radius 1 is 0.698 bits per heavy atom. The van der Waals surface area contributed by atoms with Crippen molar-refractivity contribution in [2.24, 2.45) is 0 Å². The summed E-state index contributed by atoms with van der Waals surface area (Å²) in [7, 11) is 0. The zero-order valence-corrected chi connectivity index (χ0v) is 23.6. The number of allylic oxidation sites excluding steroid dienone is 3. The van der Waals surface area contributed by atoms with E-state index in [9.17, 15) is 0 Å². The fourth-order valence-corrected chi connectivity index (χ4v) is 7.12. The summed E-state index contributed by atoms with van der Waals surface area (Å²) < 4.78 is 13.2. The van der Waals surface area contributed by atoms with Crippen LogP contribution in [-0.2, 0) is 0 Å². The summed E-state index contributed by atoms with van der Waals surface area (Å²) >= 11 is 0. The van der Waals surface area contributed by atoms with Crippen LogP contribution in [0.4, 0.5) is 5.69 Å². The Bertz CT molecular complexity index is 2180. The highest BCUT2D eigenvalue weighted by molar-refractivity contribution is 6.23. The molecule has 0 fully saturated rings. The maximum atomic E-state index is 6.90. The van der Waals surface area contributed by atoms with E-state index in [1.165, 1.54) is 44.1 Å². The van der Waals surface area contributed by atoms with Gasteiger partial charge in [-0.1, -0.05) is 115 Å². The molecule has 0 radical (unpaired) electrons. The van der Waals surface area contributed by atoms with E-state index in [-0.39, 0.29) is 12.1 Å². The predicted molar refractivity (Wildman–Crippen MR) is 177 cm³/mol. The highest BCUT2D eigenvalue weighted by atomic mass is 16.5. The molecule has 5 aromatic carbocycles. The largest absolute Gasteiger partial charge is 0.485 e. The quantitative estimate of drug-likeness (QED) is 0.216. The fourth-order valence-electron chi connectivity index (χ4n) is 7.12. The van der Waals surface area contributed by atoms with E-state index in [2.05, 4.69) is 138 Å². The lowest BCUT2D eigenvalue weighted by molar-refractivity contribution is 0.278. The van der Waals surface area contributed by atoms with Crippen LogP contribution in [0.1, 0.15) is 18.4 Å². The van der Waals surface area contributed by atoms with Gasteiger partial charge in [0.1, 0.15) is 17.4 Å². The van der Waals surface area contributed by atoms with Crippen molar-refractivity contribution >= 4 is 44.0 Å². The minimum Gasteiger partial charge on any atom is -0.485 e. The van der Waals surface area contributed by atoms with Crippen LogP contribution in [0.2, 0.25) is 0 Å². The van der Waals surface area contributed by atoms with Crippen molar-refractivity contribution in [3.63, 3.8) is 0 Å². The third kappa shape index (κ3) is 3.81. The molecule has 3 nitrogen and oxygen atoms in total. The maximum absolute atomic E-state index is 6.90. The Balaban J connectivity index is 1.27. The van der Waals surface area contributed by atoms with Gasteiger partial charge in [0.15, 0.2) is 5.58 Å². The molecule has 2 aliphatic carbocycles. The van der Waals surface area contributed by atoms with Gasteiger partial charge in [0, 0.05) is 34.0 Å². The van der Waals surface area contributed by atoms with Gasteiger partial charge in [-0.3, -0.25) is 0 Å². The van der Waals surface area contributed by atoms with E-state index in [1.807, 2.05) is 6.07 Å². The van der Waals surface area contributed by atoms with Crippen LogP contribution in [0, 0.1) is 0 Å². The van der Waals surface area contributed by atoms with Crippen LogP contribution < -0.4 is 9.64 Å². The molecular formula is C40H29NO2. The summed E-state index contributed by atoms with van der Waals surface area (Å²) in [5.74, 6) is 0.973. The van der Waals surface area contributed by atoms with Crippen molar-refractivity contribution in [1.82, 2.24) is 0 Å². The third-order valence-electron chi connectivity index (χ3n) is 9.05. The number of ether oxygens (including phenoxy) is 1. The van der Waals surface area contributed by atoms with Crippen molar-refractivity contribution in [1.29, 1.82) is 0 Å². The molecule has 6 aromatic rings. The molecule has 0 bridgehead atoms. The molecule has 2 atom stereocenters. The van der Waals surface area contributed by atoms with Gasteiger partial charge in [-0.05, 0) is 52.6 Å². The lowest BCUT2D eigenvalue weighted by Gasteiger charge is -2.35. The standard InChI is InChI=1S/C40H29NO2/c1-3-12-26(13-4-1)33-25-38-39(31-18-8-7-16-29(31)33)32-19-11-20-35(40(32)43-38)41(27-14-5-2-6-15-27)28-22-23-37-34(24-28)30-17-9-10-21-36(30)42-37/h1-14,16-22,24-25,27,37H,15,23H2. The highest BCUT2D eigenvalue weighted by Gasteiger charge is 2.33. The Hall–Kier alpha value is -5.28. The van der Waals surface area contributed by atoms with Crippen molar-refractivity contribution in [2.45, 2.75) is 25.0 Å². The molecule has 0 saturated carbocycles. The zero-order valence-electron chi connectivity index (χ0n) is 23.6. The molecule has 3 aliphatic rings. The summed E-state index contributed by atoms with van der Waals surface area (Å²) in [5, 5.41) is 4.75. The molecule has 0 amide bonds. The molecule has 206 valence electrons. The van der Waals surface area contributed by atoms with E-state index in [0.717, 1.165) is 40.8 Å². The number of furan rings is 1. The van der Waals surface area contributed by atoms with Gasteiger partial charge >= 0.3 is 0 Å².